The number of para-hydroxylation sites is 1. The maximum atomic E-state index is 11.3. The second kappa shape index (κ2) is 3.64. The molecule has 0 saturated heterocycles. The first kappa shape index (κ1) is 10.1. The van der Waals surface area contributed by atoms with Crippen LogP contribution in [0, 0.1) is 0 Å². The molecule has 2 aromatic rings. The van der Waals surface area contributed by atoms with Crippen molar-refractivity contribution < 1.29 is 0 Å². The predicted octanol–water partition coefficient (Wildman–Crippen LogP) is 1.60. The Labute approximate surface area is 91.1 Å². The molecule has 15 heavy (non-hydrogen) atoms. The molecule has 1 aromatic heterocycles. The van der Waals surface area contributed by atoms with Gasteiger partial charge in [-0.1, -0.05) is 23.7 Å². The molecule has 1 heterocycles. The van der Waals surface area contributed by atoms with Gasteiger partial charge in [0.1, 0.15) is 0 Å². The summed E-state index contributed by atoms with van der Waals surface area (Å²) in [4.78, 5) is 17.7. The molecule has 0 aliphatic heterocycles. The number of nitrogens with one attached hydrogen (secondary N) is 1. The molecule has 0 saturated carbocycles. The van der Waals surface area contributed by atoms with Crippen molar-refractivity contribution in [2.24, 2.45) is 5.73 Å². The molecule has 5 heteroatoms. The van der Waals surface area contributed by atoms with Gasteiger partial charge >= 0.3 is 5.69 Å². The number of halogens is 1. The maximum absolute atomic E-state index is 11.3. The number of aromatic nitrogens is 2. The largest absolute Gasteiger partial charge is 0.345 e. The van der Waals surface area contributed by atoms with E-state index in [1.54, 1.807) is 19.1 Å². The quantitative estimate of drug-likeness (QED) is 0.771. The van der Waals surface area contributed by atoms with Crippen molar-refractivity contribution in [2.45, 2.75) is 13.0 Å². The summed E-state index contributed by atoms with van der Waals surface area (Å²) in [5.41, 5.74) is 6.49. The third kappa shape index (κ3) is 1.73. The predicted molar refractivity (Wildman–Crippen MR) is 60.0 cm³/mol. The Kier molecular flexibility index (Phi) is 2.46. The van der Waals surface area contributed by atoms with Crippen LogP contribution in [0.1, 0.15) is 18.7 Å². The van der Waals surface area contributed by atoms with Gasteiger partial charge < -0.3 is 10.7 Å². The lowest BCUT2D eigenvalue weighted by atomic mass is 10.1. The summed E-state index contributed by atoms with van der Waals surface area (Å²) in [6.45, 7) is 1.80. The number of hydrogen-bond acceptors (Lipinski definition) is 3. The Morgan fingerprint density at radius 2 is 2.27 bits per heavy atom. The van der Waals surface area contributed by atoms with E-state index >= 15 is 0 Å². The Morgan fingerprint density at radius 1 is 1.53 bits per heavy atom. The number of nitrogens with two attached hydrogens (primary N) is 1. The van der Waals surface area contributed by atoms with Crippen LogP contribution in [-0.4, -0.2) is 9.97 Å². The highest BCUT2D eigenvalue weighted by molar-refractivity contribution is 6.35. The van der Waals surface area contributed by atoms with Crippen molar-refractivity contribution >= 4 is 22.5 Å². The van der Waals surface area contributed by atoms with Gasteiger partial charge in [-0.2, -0.15) is 4.98 Å². The molecular formula is C10H10ClN3O. The summed E-state index contributed by atoms with van der Waals surface area (Å²) in [5, 5.41) is 1.25. The second-order valence-electron chi connectivity index (χ2n) is 3.38. The average molecular weight is 224 g/mol. The van der Waals surface area contributed by atoms with E-state index < -0.39 is 5.69 Å². The van der Waals surface area contributed by atoms with E-state index in [-0.39, 0.29) is 6.04 Å². The Hall–Kier alpha value is -1.39. The number of nitrogens with zero attached hydrogens (tertiary/aromatic N) is 1. The average Bonchev–Trinajstić information content (AvgIpc) is 2.18. The van der Waals surface area contributed by atoms with Gasteiger partial charge in [0, 0.05) is 17.1 Å². The topological polar surface area (TPSA) is 71.8 Å². The Bertz CT molecular complexity index is 562. The van der Waals surface area contributed by atoms with Crippen molar-refractivity contribution in [1.82, 2.24) is 9.97 Å². The molecule has 0 spiro atoms. The van der Waals surface area contributed by atoms with E-state index in [0.29, 0.717) is 16.2 Å². The van der Waals surface area contributed by atoms with E-state index in [2.05, 4.69) is 9.97 Å². The van der Waals surface area contributed by atoms with Crippen LogP contribution in [0.2, 0.25) is 5.02 Å². The third-order valence-corrected chi connectivity index (χ3v) is 2.49. The molecule has 0 amide bonds. The number of rotatable bonds is 1. The first-order valence-electron chi connectivity index (χ1n) is 4.53. The van der Waals surface area contributed by atoms with Crippen LogP contribution in [0.15, 0.2) is 23.0 Å². The van der Waals surface area contributed by atoms with Crippen LogP contribution in [0.3, 0.4) is 0 Å². The van der Waals surface area contributed by atoms with Crippen LogP contribution in [-0.2, 0) is 0 Å². The number of benzene rings is 1. The molecule has 1 atom stereocenters. The summed E-state index contributed by atoms with van der Waals surface area (Å²) in [6, 6.07) is 5.07. The highest BCUT2D eigenvalue weighted by atomic mass is 35.5. The van der Waals surface area contributed by atoms with Crippen LogP contribution >= 0.6 is 11.6 Å². The molecule has 1 aromatic carbocycles. The normalized spacial score (nSPS) is 13.0. The molecule has 0 aliphatic rings. The molecule has 3 N–H and O–H groups in total. The fourth-order valence-corrected chi connectivity index (χ4v) is 1.73. The molecule has 78 valence electrons. The highest BCUT2D eigenvalue weighted by Crippen LogP contribution is 2.23. The van der Waals surface area contributed by atoms with Gasteiger partial charge in [0.05, 0.1) is 10.5 Å². The van der Waals surface area contributed by atoms with Gasteiger partial charge in [-0.3, -0.25) is 0 Å². The van der Waals surface area contributed by atoms with E-state index in [1.165, 1.54) is 0 Å². The summed E-state index contributed by atoms with van der Waals surface area (Å²) >= 11 is 5.95. The van der Waals surface area contributed by atoms with Crippen molar-refractivity contribution in [3.05, 3.63) is 39.4 Å². The van der Waals surface area contributed by atoms with E-state index in [0.717, 1.165) is 5.39 Å². The molecule has 0 fully saturated rings. The minimum Gasteiger partial charge on any atom is -0.323 e. The molecule has 0 aliphatic carbocycles. The zero-order valence-electron chi connectivity index (χ0n) is 8.12. The van der Waals surface area contributed by atoms with Crippen molar-refractivity contribution in [3.8, 4) is 0 Å². The zero-order chi connectivity index (χ0) is 11.0. The van der Waals surface area contributed by atoms with Gasteiger partial charge in [-0.05, 0) is 13.0 Å². The monoisotopic (exact) mass is 223 g/mol. The number of hydrogen-bond donors (Lipinski definition) is 2. The van der Waals surface area contributed by atoms with E-state index in [1.807, 2.05) is 6.07 Å². The second-order valence-corrected chi connectivity index (χ2v) is 3.79. The lowest BCUT2D eigenvalue weighted by Crippen LogP contribution is -2.18. The van der Waals surface area contributed by atoms with Crippen LogP contribution in [0.4, 0.5) is 0 Å². The van der Waals surface area contributed by atoms with Gasteiger partial charge in [0.15, 0.2) is 0 Å². The molecule has 2 rings (SSSR count). The number of aromatic amines is 1. The third-order valence-electron chi connectivity index (χ3n) is 2.19. The summed E-state index contributed by atoms with van der Waals surface area (Å²) in [6.07, 6.45) is 0. The van der Waals surface area contributed by atoms with Crippen molar-refractivity contribution in [2.75, 3.05) is 0 Å². The van der Waals surface area contributed by atoms with Gasteiger partial charge in [0.25, 0.3) is 0 Å². The Balaban J connectivity index is 2.93. The number of H-pyrrole nitrogens is 1. The van der Waals surface area contributed by atoms with Crippen molar-refractivity contribution in [1.29, 1.82) is 0 Å². The van der Waals surface area contributed by atoms with Crippen molar-refractivity contribution in [3.63, 3.8) is 0 Å². The van der Waals surface area contributed by atoms with Gasteiger partial charge in [0.2, 0.25) is 0 Å². The van der Waals surface area contributed by atoms with Crippen LogP contribution < -0.4 is 11.4 Å². The fourth-order valence-electron chi connectivity index (χ4n) is 1.52. The SMILES string of the molecule is CC(N)c1[nH]c(=O)nc2c(Cl)cccc12. The maximum Gasteiger partial charge on any atom is 0.345 e. The fraction of sp³-hybridized carbons (Fsp3) is 0.200. The summed E-state index contributed by atoms with van der Waals surface area (Å²) in [7, 11) is 0. The van der Waals surface area contributed by atoms with Crippen LogP contribution in [0.5, 0.6) is 0 Å². The molecule has 0 bridgehead atoms. The molecule has 4 nitrogen and oxygen atoms in total. The minimum atomic E-state index is -0.428. The number of fused-ring (bicyclic) bond motifs is 1. The molecule has 1 unspecified atom stereocenters. The lowest BCUT2D eigenvalue weighted by molar-refractivity contribution is 0.779. The van der Waals surface area contributed by atoms with Gasteiger partial charge in [-0.25, -0.2) is 4.79 Å². The molecule has 0 radical (unpaired) electrons. The van der Waals surface area contributed by atoms with E-state index in [9.17, 15) is 4.79 Å². The zero-order valence-corrected chi connectivity index (χ0v) is 8.88. The smallest absolute Gasteiger partial charge is 0.323 e. The highest BCUT2D eigenvalue weighted by Gasteiger charge is 2.09. The summed E-state index contributed by atoms with van der Waals surface area (Å²) < 4.78 is 0. The first-order valence-corrected chi connectivity index (χ1v) is 4.91. The standard InChI is InChI=1S/C10H10ClN3O/c1-5(12)8-6-3-2-4-7(11)9(6)14-10(15)13-8/h2-5H,12H2,1H3,(H,13,14,15). The first-order chi connectivity index (χ1) is 7.09. The minimum absolute atomic E-state index is 0.262. The van der Waals surface area contributed by atoms with Gasteiger partial charge in [-0.15, -0.1) is 0 Å². The lowest BCUT2D eigenvalue weighted by Gasteiger charge is -2.09. The summed E-state index contributed by atoms with van der Waals surface area (Å²) in [5.74, 6) is 0. The Morgan fingerprint density at radius 3 is 2.93 bits per heavy atom. The van der Waals surface area contributed by atoms with Crippen LogP contribution in [0.25, 0.3) is 10.9 Å². The van der Waals surface area contributed by atoms with E-state index in [4.69, 9.17) is 17.3 Å². The molecular weight excluding hydrogens is 214 g/mol.